The molecule has 140 valence electrons. The summed E-state index contributed by atoms with van der Waals surface area (Å²) < 4.78 is 1.25. The third-order valence-electron chi connectivity index (χ3n) is 4.36. The number of hydrogen-bond acceptors (Lipinski definition) is 5. The van der Waals surface area contributed by atoms with Gasteiger partial charge < -0.3 is 5.32 Å². The van der Waals surface area contributed by atoms with Gasteiger partial charge in [0.15, 0.2) is 5.82 Å². The van der Waals surface area contributed by atoms with E-state index in [1.54, 1.807) is 24.3 Å². The first-order valence-electron chi connectivity index (χ1n) is 9.10. The lowest BCUT2D eigenvalue weighted by molar-refractivity contribution is 0.0947. The molecule has 0 saturated carbocycles. The highest BCUT2D eigenvalue weighted by Gasteiger charge is 2.19. The summed E-state index contributed by atoms with van der Waals surface area (Å²) in [5, 5.41) is 16.8. The maximum atomic E-state index is 13.1. The van der Waals surface area contributed by atoms with Gasteiger partial charge in [-0.25, -0.2) is 0 Å². The van der Waals surface area contributed by atoms with Gasteiger partial charge in [0, 0.05) is 17.7 Å². The minimum atomic E-state index is -0.354. The molecule has 0 amide bonds. The van der Waals surface area contributed by atoms with Gasteiger partial charge in [0.2, 0.25) is 5.95 Å². The van der Waals surface area contributed by atoms with Crippen molar-refractivity contribution < 1.29 is 4.79 Å². The van der Waals surface area contributed by atoms with E-state index in [4.69, 9.17) is 5.26 Å². The van der Waals surface area contributed by atoms with Gasteiger partial charge in [-0.3, -0.25) is 4.79 Å². The second-order valence-electron chi connectivity index (χ2n) is 6.37. The van der Waals surface area contributed by atoms with Crippen LogP contribution in [0.3, 0.4) is 0 Å². The molecule has 1 aromatic heterocycles. The lowest BCUT2D eigenvalue weighted by Gasteiger charge is -2.07. The van der Waals surface area contributed by atoms with Crippen molar-refractivity contribution in [1.82, 2.24) is 14.8 Å². The van der Waals surface area contributed by atoms with Gasteiger partial charge >= 0.3 is 0 Å². The van der Waals surface area contributed by atoms with Crippen molar-refractivity contribution >= 4 is 11.9 Å². The van der Waals surface area contributed by atoms with Crippen molar-refractivity contribution in [3.63, 3.8) is 0 Å². The summed E-state index contributed by atoms with van der Waals surface area (Å²) in [6.45, 7) is 0.499. The molecular weight excluding hydrogens is 362 g/mol. The monoisotopic (exact) mass is 379 g/mol. The second-order valence-corrected chi connectivity index (χ2v) is 6.37. The quantitative estimate of drug-likeness (QED) is 0.564. The van der Waals surface area contributed by atoms with E-state index in [1.807, 2.05) is 60.7 Å². The second kappa shape index (κ2) is 8.19. The molecule has 4 rings (SSSR count). The van der Waals surface area contributed by atoms with Crippen LogP contribution in [0.15, 0.2) is 84.9 Å². The fourth-order valence-electron chi connectivity index (χ4n) is 2.90. The van der Waals surface area contributed by atoms with Crippen LogP contribution < -0.4 is 5.32 Å². The van der Waals surface area contributed by atoms with E-state index in [1.165, 1.54) is 4.68 Å². The number of carbonyl (C=O) groups is 1. The number of nitrogens with one attached hydrogen (secondary N) is 1. The zero-order valence-electron chi connectivity index (χ0n) is 15.5. The molecule has 0 spiro atoms. The maximum absolute atomic E-state index is 13.1. The first kappa shape index (κ1) is 18.1. The Morgan fingerprint density at radius 1 is 0.966 bits per heavy atom. The Kier molecular flexibility index (Phi) is 5.12. The molecule has 1 heterocycles. The van der Waals surface area contributed by atoms with Crippen molar-refractivity contribution in [2.24, 2.45) is 0 Å². The number of anilines is 1. The van der Waals surface area contributed by atoms with Crippen LogP contribution in [0.25, 0.3) is 11.4 Å². The Balaban J connectivity index is 1.71. The molecule has 3 aromatic carbocycles. The molecule has 0 bridgehead atoms. The predicted octanol–water partition coefficient (Wildman–Crippen LogP) is 4.12. The van der Waals surface area contributed by atoms with Gasteiger partial charge in [0.25, 0.3) is 5.91 Å². The summed E-state index contributed by atoms with van der Waals surface area (Å²) in [4.78, 5) is 17.6. The van der Waals surface area contributed by atoms with E-state index in [0.717, 1.165) is 11.1 Å². The van der Waals surface area contributed by atoms with Gasteiger partial charge in [-0.2, -0.15) is 14.9 Å². The van der Waals surface area contributed by atoms with Crippen LogP contribution in [0.2, 0.25) is 0 Å². The summed E-state index contributed by atoms with van der Waals surface area (Å²) in [5.74, 6) is 0.443. The molecule has 0 saturated heterocycles. The zero-order chi connectivity index (χ0) is 20.1. The average molecular weight is 379 g/mol. The molecule has 0 fully saturated rings. The summed E-state index contributed by atoms with van der Waals surface area (Å²) in [6, 6.07) is 27.9. The number of nitrogens with zero attached hydrogens (tertiary/aromatic N) is 4. The molecule has 6 heteroatoms. The molecule has 1 N–H and O–H groups in total. The van der Waals surface area contributed by atoms with Crippen LogP contribution in [0.1, 0.15) is 21.5 Å². The van der Waals surface area contributed by atoms with Crippen LogP contribution in [0, 0.1) is 11.3 Å². The van der Waals surface area contributed by atoms with E-state index in [2.05, 4.69) is 21.5 Å². The molecule has 0 unspecified atom stereocenters. The molecule has 0 aliphatic carbocycles. The minimum absolute atomic E-state index is 0.347. The average Bonchev–Trinajstić information content (AvgIpc) is 3.23. The molecule has 0 radical (unpaired) electrons. The summed E-state index contributed by atoms with van der Waals surface area (Å²) in [5.41, 5.74) is 2.66. The smallest absolute Gasteiger partial charge is 0.281 e. The Labute approximate surface area is 168 Å². The first-order valence-corrected chi connectivity index (χ1v) is 9.10. The predicted molar refractivity (Wildman–Crippen MR) is 110 cm³/mol. The van der Waals surface area contributed by atoms with Crippen molar-refractivity contribution in [2.45, 2.75) is 6.54 Å². The standard InChI is InChI=1S/C23H17N5O/c24-15-18-10-7-13-20(14-18)22(29)28-23(25-16-17-8-3-1-4-9-17)26-21(27-28)19-11-5-2-6-12-19/h1-14H,16H2,(H,25,26,27). The van der Waals surface area contributed by atoms with Crippen LogP contribution >= 0.6 is 0 Å². The van der Waals surface area contributed by atoms with E-state index in [9.17, 15) is 4.79 Å². The van der Waals surface area contributed by atoms with Crippen molar-refractivity contribution in [3.8, 4) is 17.5 Å². The summed E-state index contributed by atoms with van der Waals surface area (Å²) in [7, 11) is 0. The highest BCUT2D eigenvalue weighted by atomic mass is 16.2. The van der Waals surface area contributed by atoms with E-state index in [0.29, 0.717) is 29.4 Å². The largest absolute Gasteiger partial charge is 0.350 e. The number of nitriles is 1. The van der Waals surface area contributed by atoms with Crippen molar-refractivity contribution in [2.75, 3.05) is 5.32 Å². The minimum Gasteiger partial charge on any atom is -0.350 e. The third-order valence-corrected chi connectivity index (χ3v) is 4.36. The fraction of sp³-hybridized carbons (Fsp3) is 0.0435. The molecule has 29 heavy (non-hydrogen) atoms. The van der Waals surface area contributed by atoms with Crippen LogP contribution in [0.5, 0.6) is 0 Å². The lowest BCUT2D eigenvalue weighted by atomic mass is 10.1. The molecular formula is C23H17N5O. The number of aromatic nitrogens is 3. The topological polar surface area (TPSA) is 83.6 Å². The molecule has 6 nitrogen and oxygen atoms in total. The van der Waals surface area contributed by atoms with E-state index >= 15 is 0 Å². The van der Waals surface area contributed by atoms with Gasteiger partial charge in [-0.05, 0) is 23.8 Å². The molecule has 0 aliphatic rings. The molecule has 0 atom stereocenters. The van der Waals surface area contributed by atoms with Gasteiger partial charge in [-0.1, -0.05) is 66.7 Å². The highest BCUT2D eigenvalue weighted by Crippen LogP contribution is 2.19. The number of rotatable bonds is 5. The van der Waals surface area contributed by atoms with Crippen LogP contribution in [-0.4, -0.2) is 20.7 Å². The maximum Gasteiger partial charge on any atom is 0.281 e. The molecule has 4 aromatic rings. The SMILES string of the molecule is N#Cc1cccc(C(=O)n2nc(-c3ccccc3)nc2NCc2ccccc2)c1. The molecule has 0 aliphatic heterocycles. The Bertz CT molecular complexity index is 1180. The van der Waals surface area contributed by atoms with Gasteiger partial charge in [0.1, 0.15) is 0 Å². The van der Waals surface area contributed by atoms with Crippen LogP contribution in [0.4, 0.5) is 5.95 Å². The highest BCUT2D eigenvalue weighted by molar-refractivity contribution is 5.97. The van der Waals surface area contributed by atoms with Crippen molar-refractivity contribution in [1.29, 1.82) is 5.26 Å². The number of hydrogen-bond donors (Lipinski definition) is 1. The van der Waals surface area contributed by atoms with Gasteiger partial charge in [0.05, 0.1) is 11.6 Å². The number of benzene rings is 3. The number of carbonyl (C=O) groups excluding carboxylic acids is 1. The van der Waals surface area contributed by atoms with E-state index < -0.39 is 0 Å². The Morgan fingerprint density at radius 2 is 1.69 bits per heavy atom. The zero-order valence-corrected chi connectivity index (χ0v) is 15.5. The van der Waals surface area contributed by atoms with Crippen LogP contribution in [-0.2, 0) is 6.54 Å². The first-order chi connectivity index (χ1) is 14.2. The summed E-state index contributed by atoms with van der Waals surface area (Å²) in [6.07, 6.45) is 0. The van der Waals surface area contributed by atoms with Gasteiger partial charge in [-0.15, -0.1) is 5.10 Å². The fourth-order valence-corrected chi connectivity index (χ4v) is 2.90. The van der Waals surface area contributed by atoms with E-state index in [-0.39, 0.29) is 5.91 Å². The van der Waals surface area contributed by atoms with Crippen molar-refractivity contribution in [3.05, 3.63) is 102 Å². The third kappa shape index (κ3) is 4.04. The lowest BCUT2D eigenvalue weighted by Crippen LogP contribution is -2.17. The normalized spacial score (nSPS) is 10.3. The Morgan fingerprint density at radius 3 is 2.41 bits per heavy atom. The Hall–Kier alpha value is -4.24. The summed E-state index contributed by atoms with van der Waals surface area (Å²) >= 11 is 0.